The molecule has 1 aromatic carbocycles. The number of para-hydroxylation sites is 1. The largest absolute Gasteiger partial charge is 0.412 e. The lowest BCUT2D eigenvalue weighted by molar-refractivity contribution is 0.200. The standard InChI is InChI=1S/C13H12ClNO2S.ClH/c14-11-5-1-2-6-12(11)17-13(16)15-8-7-10-4-3-9-18-10;/h1-6,9H,7-8H2,(H,15,16);1H. The normalized spacial score (nSPS) is 9.53. The van der Waals surface area contributed by atoms with Gasteiger partial charge in [-0.25, -0.2) is 4.79 Å². The lowest BCUT2D eigenvalue weighted by Gasteiger charge is -2.07. The van der Waals surface area contributed by atoms with Crippen molar-refractivity contribution in [2.24, 2.45) is 0 Å². The molecule has 1 amide bonds. The first-order chi connectivity index (χ1) is 8.75. The summed E-state index contributed by atoms with van der Waals surface area (Å²) in [4.78, 5) is 12.7. The van der Waals surface area contributed by atoms with E-state index in [-0.39, 0.29) is 12.4 Å². The van der Waals surface area contributed by atoms with E-state index >= 15 is 0 Å². The van der Waals surface area contributed by atoms with Gasteiger partial charge in [-0.1, -0.05) is 29.8 Å². The quantitative estimate of drug-likeness (QED) is 0.919. The number of hydrogen-bond donors (Lipinski definition) is 1. The van der Waals surface area contributed by atoms with Crippen molar-refractivity contribution in [3.8, 4) is 5.75 Å². The van der Waals surface area contributed by atoms with Gasteiger partial charge in [-0.15, -0.1) is 23.7 Å². The van der Waals surface area contributed by atoms with Gasteiger partial charge in [0.05, 0.1) is 5.02 Å². The maximum Gasteiger partial charge on any atom is 0.412 e. The fourth-order valence-corrected chi connectivity index (χ4v) is 2.29. The van der Waals surface area contributed by atoms with E-state index in [1.165, 1.54) is 4.88 Å². The van der Waals surface area contributed by atoms with E-state index in [9.17, 15) is 4.79 Å². The molecule has 0 aliphatic rings. The molecule has 2 aromatic rings. The molecule has 1 heterocycles. The molecule has 0 atom stereocenters. The Hall–Kier alpha value is -1.23. The Balaban J connectivity index is 0.00000180. The van der Waals surface area contributed by atoms with Crippen LogP contribution in [0.5, 0.6) is 5.75 Å². The molecule has 1 aromatic heterocycles. The molecule has 19 heavy (non-hydrogen) atoms. The third kappa shape index (κ3) is 5.11. The molecule has 102 valence electrons. The van der Waals surface area contributed by atoms with Gasteiger partial charge in [-0.3, -0.25) is 0 Å². The van der Waals surface area contributed by atoms with Gasteiger partial charge in [-0.05, 0) is 30.0 Å². The smallest absolute Gasteiger partial charge is 0.409 e. The number of thiophene rings is 1. The minimum Gasteiger partial charge on any atom is -0.409 e. The minimum absolute atomic E-state index is 0. The van der Waals surface area contributed by atoms with Gasteiger partial charge >= 0.3 is 6.09 Å². The van der Waals surface area contributed by atoms with E-state index in [4.69, 9.17) is 16.3 Å². The first kappa shape index (κ1) is 15.8. The molecular weight excluding hydrogens is 305 g/mol. The molecule has 0 saturated heterocycles. The number of halogens is 2. The highest BCUT2D eigenvalue weighted by molar-refractivity contribution is 7.09. The molecule has 0 bridgehead atoms. The Morgan fingerprint density at radius 1 is 1.26 bits per heavy atom. The molecule has 2 rings (SSSR count). The maximum atomic E-state index is 11.5. The number of ether oxygens (including phenoxy) is 1. The fourth-order valence-electron chi connectivity index (χ4n) is 1.41. The molecule has 0 radical (unpaired) electrons. The Labute approximate surface area is 127 Å². The Morgan fingerprint density at radius 3 is 2.74 bits per heavy atom. The molecule has 0 saturated carbocycles. The zero-order valence-electron chi connectivity index (χ0n) is 9.97. The summed E-state index contributed by atoms with van der Waals surface area (Å²) in [5.41, 5.74) is 0. The van der Waals surface area contributed by atoms with E-state index in [1.54, 1.807) is 35.6 Å². The molecule has 0 unspecified atom stereocenters. The third-order valence-electron chi connectivity index (χ3n) is 2.26. The average molecular weight is 318 g/mol. The van der Waals surface area contributed by atoms with Crippen molar-refractivity contribution in [3.05, 3.63) is 51.7 Å². The van der Waals surface area contributed by atoms with Crippen molar-refractivity contribution in [2.45, 2.75) is 6.42 Å². The SMILES string of the molecule is Cl.O=C(NCCc1cccs1)Oc1ccccc1Cl. The molecule has 0 aliphatic carbocycles. The van der Waals surface area contributed by atoms with E-state index in [0.717, 1.165) is 6.42 Å². The molecule has 1 N–H and O–H groups in total. The number of benzene rings is 1. The van der Waals surface area contributed by atoms with Gasteiger partial charge in [0.15, 0.2) is 5.75 Å². The topological polar surface area (TPSA) is 38.3 Å². The molecule has 0 aliphatic heterocycles. The second kappa shape index (κ2) is 8.04. The van der Waals surface area contributed by atoms with Gasteiger partial charge < -0.3 is 10.1 Å². The van der Waals surface area contributed by atoms with Crippen molar-refractivity contribution in [1.82, 2.24) is 5.32 Å². The van der Waals surface area contributed by atoms with Crippen LogP contribution in [-0.4, -0.2) is 12.6 Å². The highest BCUT2D eigenvalue weighted by Gasteiger charge is 2.06. The van der Waals surface area contributed by atoms with Crippen LogP contribution in [0.3, 0.4) is 0 Å². The highest BCUT2D eigenvalue weighted by Crippen LogP contribution is 2.22. The number of nitrogens with one attached hydrogen (secondary N) is 1. The van der Waals surface area contributed by atoms with Crippen molar-refractivity contribution < 1.29 is 9.53 Å². The van der Waals surface area contributed by atoms with Crippen LogP contribution in [0, 0.1) is 0 Å². The number of rotatable bonds is 4. The Morgan fingerprint density at radius 2 is 2.05 bits per heavy atom. The second-order valence-electron chi connectivity index (χ2n) is 3.58. The lowest BCUT2D eigenvalue weighted by Crippen LogP contribution is -2.28. The van der Waals surface area contributed by atoms with Crippen molar-refractivity contribution in [3.63, 3.8) is 0 Å². The van der Waals surface area contributed by atoms with Gasteiger partial charge in [0.1, 0.15) is 0 Å². The van der Waals surface area contributed by atoms with Crippen LogP contribution in [0.25, 0.3) is 0 Å². The first-order valence-electron chi connectivity index (χ1n) is 5.48. The number of hydrogen-bond acceptors (Lipinski definition) is 3. The van der Waals surface area contributed by atoms with Gasteiger partial charge in [0, 0.05) is 11.4 Å². The monoisotopic (exact) mass is 317 g/mol. The maximum absolute atomic E-state index is 11.5. The summed E-state index contributed by atoms with van der Waals surface area (Å²) >= 11 is 7.55. The summed E-state index contributed by atoms with van der Waals surface area (Å²) in [5.74, 6) is 0.368. The van der Waals surface area contributed by atoms with Gasteiger partial charge in [0.25, 0.3) is 0 Å². The van der Waals surface area contributed by atoms with Crippen molar-refractivity contribution in [2.75, 3.05) is 6.54 Å². The Bertz CT molecular complexity index is 517. The minimum atomic E-state index is -0.486. The van der Waals surface area contributed by atoms with Crippen LogP contribution in [0.2, 0.25) is 5.02 Å². The van der Waals surface area contributed by atoms with Crippen LogP contribution in [-0.2, 0) is 6.42 Å². The fraction of sp³-hybridized carbons (Fsp3) is 0.154. The summed E-state index contributed by atoms with van der Waals surface area (Å²) in [5, 5.41) is 5.12. The van der Waals surface area contributed by atoms with Crippen molar-refractivity contribution in [1.29, 1.82) is 0 Å². The highest BCUT2D eigenvalue weighted by atomic mass is 35.5. The van der Waals surface area contributed by atoms with Gasteiger partial charge in [0.2, 0.25) is 0 Å². The molecular formula is C13H13Cl2NO2S. The number of amides is 1. The van der Waals surface area contributed by atoms with E-state index in [1.807, 2.05) is 17.5 Å². The lowest BCUT2D eigenvalue weighted by atomic mass is 10.3. The molecule has 0 fully saturated rings. The van der Waals surface area contributed by atoms with Crippen molar-refractivity contribution >= 4 is 41.4 Å². The second-order valence-corrected chi connectivity index (χ2v) is 5.02. The summed E-state index contributed by atoms with van der Waals surface area (Å²) in [7, 11) is 0. The number of carbonyl (C=O) groups is 1. The third-order valence-corrected chi connectivity index (χ3v) is 3.51. The summed E-state index contributed by atoms with van der Waals surface area (Å²) < 4.78 is 5.09. The average Bonchev–Trinajstić information content (AvgIpc) is 2.85. The van der Waals surface area contributed by atoms with E-state index in [0.29, 0.717) is 17.3 Å². The van der Waals surface area contributed by atoms with Crippen LogP contribution in [0.4, 0.5) is 4.79 Å². The van der Waals surface area contributed by atoms with E-state index < -0.39 is 6.09 Å². The summed E-state index contributed by atoms with van der Waals surface area (Å²) in [6.45, 7) is 0.545. The molecule has 3 nitrogen and oxygen atoms in total. The predicted octanol–water partition coefficient (Wildman–Crippen LogP) is 4.15. The summed E-state index contributed by atoms with van der Waals surface area (Å²) in [6, 6.07) is 10.9. The van der Waals surface area contributed by atoms with E-state index in [2.05, 4.69) is 5.32 Å². The van der Waals surface area contributed by atoms with Crippen LogP contribution in [0.1, 0.15) is 4.88 Å². The summed E-state index contributed by atoms with van der Waals surface area (Å²) in [6.07, 6.45) is 0.314. The zero-order chi connectivity index (χ0) is 12.8. The number of carbonyl (C=O) groups excluding carboxylic acids is 1. The zero-order valence-corrected chi connectivity index (χ0v) is 12.4. The van der Waals surface area contributed by atoms with Gasteiger partial charge in [-0.2, -0.15) is 0 Å². The molecule has 6 heteroatoms. The van der Waals surface area contributed by atoms with Crippen LogP contribution < -0.4 is 10.1 Å². The van der Waals surface area contributed by atoms with Crippen LogP contribution in [0.15, 0.2) is 41.8 Å². The van der Waals surface area contributed by atoms with Crippen LogP contribution >= 0.6 is 35.3 Å². The molecule has 0 spiro atoms. The predicted molar refractivity (Wildman–Crippen MR) is 80.7 cm³/mol. The first-order valence-corrected chi connectivity index (χ1v) is 6.74. The Kier molecular flexibility index (Phi) is 6.70.